The zero-order chi connectivity index (χ0) is 28.5. The van der Waals surface area contributed by atoms with Crippen molar-refractivity contribution in [1.82, 2.24) is 34.9 Å². The van der Waals surface area contributed by atoms with Crippen LogP contribution in [0.3, 0.4) is 0 Å². The standard InChI is InChI=1S/C28H19ClF2N10/c1-41-6-5-33-28(41)16-4-2-3-15(7-16)25(23-14-36-40-39-23)38-22-9-18(29)8-20-24(17(11-32)12-34-26(20)22)37-19-10-21(30)27(31)35-13-19/h2-10,12-14,25,38H,1H3,(H,34,37)(H,36,39,40)/t25-/m0/s1. The third-order valence-corrected chi connectivity index (χ3v) is 6.67. The zero-order valence-electron chi connectivity index (χ0n) is 21.3. The average Bonchev–Trinajstić information content (AvgIpc) is 3.66. The molecular formula is C28H19ClF2N10. The number of rotatable bonds is 7. The Morgan fingerprint density at radius 2 is 1.98 bits per heavy atom. The number of anilines is 3. The predicted molar refractivity (Wildman–Crippen MR) is 149 cm³/mol. The van der Waals surface area contributed by atoms with Crippen LogP contribution in [0.4, 0.5) is 25.8 Å². The van der Waals surface area contributed by atoms with Crippen molar-refractivity contribution in [3.8, 4) is 17.5 Å². The highest BCUT2D eigenvalue weighted by molar-refractivity contribution is 6.32. The van der Waals surface area contributed by atoms with Crippen LogP contribution in [-0.2, 0) is 7.05 Å². The highest BCUT2D eigenvalue weighted by atomic mass is 35.5. The Hall–Kier alpha value is -5.41. The van der Waals surface area contributed by atoms with Gasteiger partial charge in [0.15, 0.2) is 5.82 Å². The Balaban J connectivity index is 1.46. The molecule has 0 radical (unpaired) electrons. The van der Waals surface area contributed by atoms with Crippen molar-refractivity contribution in [3.05, 3.63) is 107 Å². The molecule has 2 aromatic carbocycles. The minimum Gasteiger partial charge on any atom is -0.371 e. The molecule has 6 aromatic rings. The fraction of sp³-hybridized carbons (Fsp3) is 0.0714. The molecule has 4 aromatic heterocycles. The molecule has 6 rings (SSSR count). The highest BCUT2D eigenvalue weighted by Crippen LogP contribution is 2.37. The highest BCUT2D eigenvalue weighted by Gasteiger charge is 2.21. The van der Waals surface area contributed by atoms with Gasteiger partial charge in [0.1, 0.15) is 17.6 Å². The largest absolute Gasteiger partial charge is 0.371 e. The van der Waals surface area contributed by atoms with Crippen LogP contribution in [0.2, 0.25) is 5.02 Å². The van der Waals surface area contributed by atoms with E-state index in [1.54, 1.807) is 24.5 Å². The summed E-state index contributed by atoms with van der Waals surface area (Å²) in [5.41, 5.74) is 4.02. The number of aromatic nitrogens is 7. The van der Waals surface area contributed by atoms with E-state index in [0.29, 0.717) is 33.0 Å². The lowest BCUT2D eigenvalue weighted by molar-refractivity contribution is 0.480. The van der Waals surface area contributed by atoms with Crippen LogP contribution in [0, 0.1) is 23.1 Å². The molecule has 0 aliphatic rings. The van der Waals surface area contributed by atoms with Gasteiger partial charge in [0.25, 0.3) is 0 Å². The average molecular weight is 569 g/mol. The van der Waals surface area contributed by atoms with Crippen LogP contribution >= 0.6 is 11.6 Å². The number of hydrogen-bond acceptors (Lipinski definition) is 8. The Kier molecular flexibility index (Phi) is 6.70. The Morgan fingerprint density at radius 3 is 2.71 bits per heavy atom. The Labute approximate surface area is 236 Å². The summed E-state index contributed by atoms with van der Waals surface area (Å²) < 4.78 is 29.2. The Morgan fingerprint density at radius 1 is 1.10 bits per heavy atom. The maximum atomic E-state index is 13.9. The number of fused-ring (bicyclic) bond motifs is 1. The number of aromatic amines is 1. The van der Waals surface area contributed by atoms with Crippen LogP contribution in [0.1, 0.15) is 22.9 Å². The molecule has 4 heterocycles. The molecule has 0 amide bonds. The monoisotopic (exact) mass is 568 g/mol. The second kappa shape index (κ2) is 10.6. The second-order valence-electron chi connectivity index (χ2n) is 9.09. The molecule has 0 fully saturated rings. The van der Waals surface area contributed by atoms with Crippen LogP contribution in [0.25, 0.3) is 22.3 Å². The number of nitrogens with zero attached hydrogens (tertiary/aromatic N) is 7. The van der Waals surface area contributed by atoms with Crippen molar-refractivity contribution in [2.45, 2.75) is 6.04 Å². The van der Waals surface area contributed by atoms with Crippen molar-refractivity contribution < 1.29 is 8.78 Å². The van der Waals surface area contributed by atoms with Gasteiger partial charge in [-0.2, -0.15) is 9.65 Å². The molecule has 10 nitrogen and oxygen atoms in total. The summed E-state index contributed by atoms with van der Waals surface area (Å²) in [6, 6.07) is 13.8. The van der Waals surface area contributed by atoms with Gasteiger partial charge in [-0.25, -0.2) is 14.4 Å². The number of halogens is 3. The quantitative estimate of drug-likeness (QED) is 0.203. The molecule has 0 unspecified atom stereocenters. The predicted octanol–water partition coefficient (Wildman–Crippen LogP) is 5.90. The van der Waals surface area contributed by atoms with Gasteiger partial charge >= 0.3 is 0 Å². The summed E-state index contributed by atoms with van der Waals surface area (Å²) in [4.78, 5) is 12.4. The summed E-state index contributed by atoms with van der Waals surface area (Å²) in [6.45, 7) is 0. The van der Waals surface area contributed by atoms with Gasteiger partial charge in [-0.05, 0) is 23.8 Å². The van der Waals surface area contributed by atoms with Crippen LogP contribution in [-0.4, -0.2) is 34.9 Å². The maximum Gasteiger partial charge on any atom is 0.249 e. The fourth-order valence-corrected chi connectivity index (χ4v) is 4.79. The van der Waals surface area contributed by atoms with Gasteiger partial charge in [-0.3, -0.25) is 10.1 Å². The van der Waals surface area contributed by atoms with Gasteiger partial charge in [-0.15, -0.1) is 5.10 Å². The number of pyridine rings is 2. The first-order valence-electron chi connectivity index (χ1n) is 12.2. The van der Waals surface area contributed by atoms with Gasteiger partial charge in [-0.1, -0.05) is 35.0 Å². The van der Waals surface area contributed by atoms with Crippen molar-refractivity contribution in [1.29, 1.82) is 5.26 Å². The lowest BCUT2D eigenvalue weighted by Gasteiger charge is -2.21. The van der Waals surface area contributed by atoms with E-state index in [1.807, 2.05) is 42.1 Å². The molecule has 202 valence electrons. The van der Waals surface area contributed by atoms with Gasteiger partial charge < -0.3 is 15.2 Å². The maximum absolute atomic E-state index is 13.9. The third-order valence-electron chi connectivity index (χ3n) is 6.45. The minimum atomic E-state index is -1.23. The smallest absolute Gasteiger partial charge is 0.249 e. The molecule has 41 heavy (non-hydrogen) atoms. The van der Waals surface area contributed by atoms with Crippen molar-refractivity contribution in [2.24, 2.45) is 7.05 Å². The molecule has 0 spiro atoms. The molecular weight excluding hydrogens is 550 g/mol. The number of aryl methyl sites for hydroxylation is 1. The summed E-state index contributed by atoms with van der Waals surface area (Å²) in [6.07, 6.45) is 7.81. The molecule has 13 heteroatoms. The molecule has 0 bridgehead atoms. The molecule has 0 saturated heterocycles. The van der Waals surface area contributed by atoms with E-state index < -0.39 is 17.8 Å². The van der Waals surface area contributed by atoms with Crippen LogP contribution < -0.4 is 10.6 Å². The second-order valence-corrected chi connectivity index (χ2v) is 9.53. The summed E-state index contributed by atoms with van der Waals surface area (Å²) >= 11 is 6.56. The summed E-state index contributed by atoms with van der Waals surface area (Å²) in [5.74, 6) is -1.56. The first-order valence-corrected chi connectivity index (χ1v) is 12.6. The molecule has 0 aliphatic carbocycles. The van der Waals surface area contributed by atoms with E-state index in [4.69, 9.17) is 11.6 Å². The van der Waals surface area contributed by atoms with E-state index in [1.165, 1.54) is 6.20 Å². The van der Waals surface area contributed by atoms with Crippen LogP contribution in [0.15, 0.2) is 73.4 Å². The normalized spacial score (nSPS) is 11.8. The van der Waals surface area contributed by atoms with E-state index in [9.17, 15) is 14.0 Å². The number of nitrogens with one attached hydrogen (secondary N) is 3. The number of nitriles is 1. The van der Waals surface area contributed by atoms with Gasteiger partial charge in [0.2, 0.25) is 5.95 Å². The number of H-pyrrole nitrogens is 1. The van der Waals surface area contributed by atoms with E-state index >= 15 is 0 Å². The summed E-state index contributed by atoms with van der Waals surface area (Å²) in [5, 5.41) is 28.0. The van der Waals surface area contributed by atoms with Crippen molar-refractivity contribution in [2.75, 3.05) is 10.6 Å². The molecule has 0 aliphatic heterocycles. The topological polar surface area (TPSA) is 133 Å². The first kappa shape index (κ1) is 25.8. The van der Waals surface area contributed by atoms with E-state index in [0.717, 1.165) is 29.2 Å². The van der Waals surface area contributed by atoms with Crippen LogP contribution in [0.5, 0.6) is 0 Å². The lowest BCUT2D eigenvalue weighted by Crippen LogP contribution is -2.14. The molecule has 0 saturated carbocycles. The van der Waals surface area contributed by atoms with E-state index in [-0.39, 0.29) is 11.3 Å². The molecule has 1 atom stereocenters. The zero-order valence-corrected chi connectivity index (χ0v) is 22.0. The van der Waals surface area contributed by atoms with Gasteiger partial charge in [0.05, 0.1) is 40.4 Å². The van der Waals surface area contributed by atoms with Crippen molar-refractivity contribution >= 4 is 39.6 Å². The summed E-state index contributed by atoms with van der Waals surface area (Å²) in [7, 11) is 1.92. The van der Waals surface area contributed by atoms with Crippen molar-refractivity contribution in [3.63, 3.8) is 0 Å². The third kappa shape index (κ3) is 5.02. The Bertz CT molecular complexity index is 1930. The number of imidazole rings is 1. The SMILES string of the molecule is Cn1ccnc1-c1cccc([C@H](Nc2cc(Cl)cc3c(Nc4cnc(F)c(F)c4)c(C#N)cnc23)c2c[nH]nn2)c1. The number of benzene rings is 2. The lowest BCUT2D eigenvalue weighted by atomic mass is 10.00. The van der Waals surface area contributed by atoms with Gasteiger partial charge in [0, 0.05) is 53.9 Å². The number of hydrogen-bond donors (Lipinski definition) is 3. The fourth-order valence-electron chi connectivity index (χ4n) is 4.57. The first-order chi connectivity index (χ1) is 19.9. The van der Waals surface area contributed by atoms with E-state index in [2.05, 4.69) is 47.1 Å². The molecule has 3 N–H and O–H groups in total. The minimum absolute atomic E-state index is 0.147.